The van der Waals surface area contributed by atoms with Crippen LogP contribution in [0.5, 0.6) is 0 Å². The van der Waals surface area contributed by atoms with E-state index in [1.54, 1.807) is 6.92 Å². The summed E-state index contributed by atoms with van der Waals surface area (Å²) >= 11 is 0. The van der Waals surface area contributed by atoms with Gasteiger partial charge in [-0.25, -0.2) is 4.98 Å². The number of fused-ring (bicyclic) bond motifs is 1. The lowest BCUT2D eigenvalue weighted by molar-refractivity contribution is 0.199. The zero-order valence-corrected chi connectivity index (χ0v) is 11.0. The molecule has 1 N–H and O–H groups in total. The zero-order valence-electron chi connectivity index (χ0n) is 11.0. The van der Waals surface area contributed by atoms with Crippen molar-refractivity contribution in [1.29, 1.82) is 0 Å². The largest absolute Gasteiger partial charge is 0.389 e. The van der Waals surface area contributed by atoms with E-state index in [4.69, 9.17) is 0 Å². The summed E-state index contributed by atoms with van der Waals surface area (Å²) in [7, 11) is 0. The molecular formula is C15H22N2O. The maximum absolute atomic E-state index is 9.51. The first-order valence-electron chi connectivity index (χ1n) is 7.16. The molecule has 1 aliphatic carbocycles. The number of nitrogens with zero attached hydrogens (tertiary/aromatic N) is 2. The molecule has 3 nitrogen and oxygen atoms in total. The summed E-state index contributed by atoms with van der Waals surface area (Å²) in [5.41, 5.74) is 0.901. The van der Waals surface area contributed by atoms with Crippen molar-refractivity contribution in [2.24, 2.45) is 5.92 Å². The van der Waals surface area contributed by atoms with E-state index in [0.29, 0.717) is 6.04 Å². The van der Waals surface area contributed by atoms with Gasteiger partial charge in [-0.05, 0) is 43.7 Å². The molecule has 2 heterocycles. The summed E-state index contributed by atoms with van der Waals surface area (Å²) in [5.74, 6) is 1.98. The SMILES string of the molecule is C[C@@H](O)c1ccc(N2CCC3CCCCC32)nc1. The van der Waals surface area contributed by atoms with Gasteiger partial charge in [0.2, 0.25) is 0 Å². The Labute approximate surface area is 109 Å². The minimum Gasteiger partial charge on any atom is -0.389 e. The second kappa shape index (κ2) is 4.88. The Balaban J connectivity index is 1.78. The van der Waals surface area contributed by atoms with Crippen LogP contribution >= 0.6 is 0 Å². The van der Waals surface area contributed by atoms with Crippen LogP contribution in [0.25, 0.3) is 0 Å². The van der Waals surface area contributed by atoms with Crippen molar-refractivity contribution in [2.45, 2.75) is 51.2 Å². The number of hydrogen-bond donors (Lipinski definition) is 1. The van der Waals surface area contributed by atoms with E-state index >= 15 is 0 Å². The van der Waals surface area contributed by atoms with Crippen LogP contribution in [-0.2, 0) is 0 Å². The van der Waals surface area contributed by atoms with Crippen molar-refractivity contribution < 1.29 is 5.11 Å². The van der Waals surface area contributed by atoms with Crippen LogP contribution in [0.4, 0.5) is 5.82 Å². The molecule has 98 valence electrons. The van der Waals surface area contributed by atoms with Crippen LogP contribution in [0.15, 0.2) is 18.3 Å². The molecule has 0 aromatic carbocycles. The summed E-state index contributed by atoms with van der Waals surface area (Å²) in [5, 5.41) is 9.51. The average molecular weight is 246 g/mol. The molecule has 1 aromatic rings. The number of aliphatic hydroxyl groups excluding tert-OH is 1. The monoisotopic (exact) mass is 246 g/mol. The van der Waals surface area contributed by atoms with E-state index in [2.05, 4.69) is 16.0 Å². The highest BCUT2D eigenvalue weighted by Gasteiger charge is 2.36. The van der Waals surface area contributed by atoms with E-state index in [9.17, 15) is 5.11 Å². The topological polar surface area (TPSA) is 36.4 Å². The molecule has 1 saturated carbocycles. The van der Waals surface area contributed by atoms with E-state index < -0.39 is 6.10 Å². The zero-order chi connectivity index (χ0) is 12.5. The molecule has 0 amide bonds. The normalized spacial score (nSPS) is 29.1. The van der Waals surface area contributed by atoms with Gasteiger partial charge in [0.1, 0.15) is 5.82 Å². The fourth-order valence-corrected chi connectivity index (χ4v) is 3.50. The lowest BCUT2D eigenvalue weighted by Gasteiger charge is -2.32. The second-order valence-corrected chi connectivity index (χ2v) is 5.72. The van der Waals surface area contributed by atoms with Crippen LogP contribution in [0.3, 0.4) is 0 Å². The minimum atomic E-state index is -0.424. The molecule has 1 aromatic heterocycles. The minimum absolute atomic E-state index is 0.424. The predicted molar refractivity (Wildman–Crippen MR) is 72.6 cm³/mol. The van der Waals surface area contributed by atoms with E-state index in [1.165, 1.54) is 32.1 Å². The molecule has 1 saturated heterocycles. The first kappa shape index (κ1) is 12.0. The van der Waals surface area contributed by atoms with Gasteiger partial charge in [0.25, 0.3) is 0 Å². The summed E-state index contributed by atoms with van der Waals surface area (Å²) in [6.45, 7) is 2.93. The van der Waals surface area contributed by atoms with Gasteiger partial charge in [-0.3, -0.25) is 0 Å². The van der Waals surface area contributed by atoms with Gasteiger partial charge >= 0.3 is 0 Å². The summed E-state index contributed by atoms with van der Waals surface area (Å²) in [6.07, 6.45) is 8.21. The fourth-order valence-electron chi connectivity index (χ4n) is 3.50. The van der Waals surface area contributed by atoms with Crippen LogP contribution < -0.4 is 4.90 Å². The molecule has 3 heteroatoms. The van der Waals surface area contributed by atoms with Crippen LogP contribution in [0, 0.1) is 5.92 Å². The maximum atomic E-state index is 9.51. The molecule has 3 rings (SSSR count). The number of aliphatic hydroxyl groups is 1. The summed E-state index contributed by atoms with van der Waals surface area (Å²) in [4.78, 5) is 7.02. The van der Waals surface area contributed by atoms with Crippen LogP contribution in [-0.4, -0.2) is 22.7 Å². The van der Waals surface area contributed by atoms with Crippen LogP contribution in [0.2, 0.25) is 0 Å². The van der Waals surface area contributed by atoms with Gasteiger partial charge in [-0.1, -0.05) is 18.9 Å². The van der Waals surface area contributed by atoms with E-state index in [1.807, 2.05) is 12.3 Å². The molecule has 2 fully saturated rings. The third kappa shape index (κ3) is 2.12. The van der Waals surface area contributed by atoms with Crippen molar-refractivity contribution in [1.82, 2.24) is 4.98 Å². The standard InChI is InChI=1S/C15H22N2O/c1-11(18)13-6-7-15(16-10-13)17-9-8-12-4-2-3-5-14(12)17/h6-7,10-12,14,18H,2-5,8-9H2,1H3/t11-,12?,14?/m1/s1. The van der Waals surface area contributed by atoms with E-state index in [0.717, 1.165) is 23.8 Å². The Hall–Kier alpha value is -1.09. The Bertz CT molecular complexity index is 401. The van der Waals surface area contributed by atoms with Gasteiger partial charge in [0, 0.05) is 18.8 Å². The molecular weight excluding hydrogens is 224 g/mol. The second-order valence-electron chi connectivity index (χ2n) is 5.72. The molecule has 2 unspecified atom stereocenters. The molecule has 1 aliphatic heterocycles. The maximum Gasteiger partial charge on any atom is 0.128 e. The van der Waals surface area contributed by atoms with Gasteiger partial charge < -0.3 is 10.0 Å². The van der Waals surface area contributed by atoms with E-state index in [-0.39, 0.29) is 0 Å². The quantitative estimate of drug-likeness (QED) is 0.871. The Morgan fingerprint density at radius 2 is 2.11 bits per heavy atom. The molecule has 0 radical (unpaired) electrons. The van der Waals surface area contributed by atoms with Crippen molar-refractivity contribution in [3.63, 3.8) is 0 Å². The molecule has 18 heavy (non-hydrogen) atoms. The highest BCUT2D eigenvalue weighted by atomic mass is 16.3. The molecule has 0 bridgehead atoms. The van der Waals surface area contributed by atoms with Gasteiger partial charge in [-0.2, -0.15) is 0 Å². The summed E-state index contributed by atoms with van der Waals surface area (Å²) < 4.78 is 0. The Morgan fingerprint density at radius 1 is 1.28 bits per heavy atom. The molecule has 0 spiro atoms. The smallest absolute Gasteiger partial charge is 0.128 e. The third-order valence-electron chi connectivity index (χ3n) is 4.56. The van der Waals surface area contributed by atoms with Gasteiger partial charge in [0.15, 0.2) is 0 Å². The lowest BCUT2D eigenvalue weighted by Crippen LogP contribution is -2.35. The first-order valence-corrected chi connectivity index (χ1v) is 7.16. The number of rotatable bonds is 2. The van der Waals surface area contributed by atoms with Crippen molar-refractivity contribution in [3.8, 4) is 0 Å². The van der Waals surface area contributed by atoms with Crippen molar-refractivity contribution >= 4 is 5.82 Å². The number of aromatic nitrogens is 1. The molecule has 3 atom stereocenters. The summed E-state index contributed by atoms with van der Waals surface area (Å²) in [6, 6.07) is 4.78. The molecule has 2 aliphatic rings. The van der Waals surface area contributed by atoms with Gasteiger partial charge in [-0.15, -0.1) is 0 Å². The Kier molecular flexibility index (Phi) is 3.25. The average Bonchev–Trinajstić information content (AvgIpc) is 2.82. The fraction of sp³-hybridized carbons (Fsp3) is 0.667. The third-order valence-corrected chi connectivity index (χ3v) is 4.56. The van der Waals surface area contributed by atoms with Gasteiger partial charge in [0.05, 0.1) is 6.10 Å². The highest BCUT2D eigenvalue weighted by Crippen LogP contribution is 2.38. The number of anilines is 1. The first-order chi connectivity index (χ1) is 8.75. The van der Waals surface area contributed by atoms with Crippen molar-refractivity contribution in [3.05, 3.63) is 23.9 Å². The van der Waals surface area contributed by atoms with Crippen LogP contribution in [0.1, 0.15) is 50.7 Å². The Morgan fingerprint density at radius 3 is 2.83 bits per heavy atom. The number of pyridine rings is 1. The highest BCUT2D eigenvalue weighted by molar-refractivity contribution is 5.42. The number of hydrogen-bond acceptors (Lipinski definition) is 3. The predicted octanol–water partition coefficient (Wildman–Crippen LogP) is 2.90. The lowest BCUT2D eigenvalue weighted by atomic mass is 9.85. The van der Waals surface area contributed by atoms with Crippen molar-refractivity contribution in [2.75, 3.05) is 11.4 Å².